The first-order chi connectivity index (χ1) is 21.6. The van der Waals surface area contributed by atoms with E-state index < -0.39 is 67.6 Å². The van der Waals surface area contributed by atoms with Gasteiger partial charge in [-0.05, 0) is 55.1 Å². The van der Waals surface area contributed by atoms with Crippen LogP contribution in [-0.2, 0) is 11.3 Å². The van der Waals surface area contributed by atoms with E-state index in [1.165, 1.54) is 10.7 Å². The lowest BCUT2D eigenvalue weighted by molar-refractivity contribution is -0.138. The molecule has 3 N–H and O–H groups in total. The third kappa shape index (κ3) is 7.27. The third-order valence-corrected chi connectivity index (χ3v) is 9.13. The topological polar surface area (TPSA) is 133 Å². The Morgan fingerprint density at radius 1 is 1.02 bits per heavy atom. The number of imidazole rings is 1. The summed E-state index contributed by atoms with van der Waals surface area (Å²) in [6, 6.07) is 1.29. The van der Waals surface area contributed by atoms with Crippen molar-refractivity contribution in [3.8, 4) is 0 Å². The van der Waals surface area contributed by atoms with Crippen molar-refractivity contribution < 1.29 is 40.3 Å². The number of carbonyl (C=O) groups excluding carboxylic acids is 2. The number of hydrogen-bond acceptors (Lipinski definition) is 6. The predicted octanol–water partition coefficient (Wildman–Crippen LogP) is 5.33. The molecule has 3 aliphatic carbocycles. The third-order valence-electron chi connectivity index (χ3n) is 9.13. The molecular formula is C29H33F7N8O2. The number of nitrogens with two attached hydrogens (primary N) is 1. The molecule has 3 saturated carbocycles. The summed E-state index contributed by atoms with van der Waals surface area (Å²) < 4.78 is 95.0. The Morgan fingerprint density at radius 2 is 1.72 bits per heavy atom. The molecule has 3 fully saturated rings. The van der Waals surface area contributed by atoms with Gasteiger partial charge in [-0.2, -0.15) is 28.2 Å². The first-order valence-electron chi connectivity index (χ1n) is 15.3. The Hall–Kier alpha value is -3.79. The molecule has 46 heavy (non-hydrogen) atoms. The Morgan fingerprint density at radius 3 is 2.33 bits per heavy atom. The standard InChI is InChI=1S/C29H33F7N8O2/c30-27(31)5-3-16(4-6-27)22(24-25(26(37)46)42-44(41-24)8-7-29(34,35)36)19-14-43-20(39-19)10-18(13-38-43)23(17-1-2-17)40-21(45)9-15-11-28(32,33)12-15/h10,13-17,22-23H,1-9,11-12H2,(H2,37,46)(H,40,45)/t22-,23?/m0/s1. The minimum Gasteiger partial charge on any atom is -0.364 e. The molecule has 17 heteroatoms. The van der Waals surface area contributed by atoms with Crippen LogP contribution in [0.2, 0.25) is 0 Å². The van der Waals surface area contributed by atoms with E-state index >= 15 is 0 Å². The number of aryl methyl sites for hydroxylation is 1. The lowest BCUT2D eigenvalue weighted by Gasteiger charge is -2.34. The van der Waals surface area contributed by atoms with Gasteiger partial charge in [0.2, 0.25) is 17.8 Å². The second kappa shape index (κ2) is 11.8. The summed E-state index contributed by atoms with van der Waals surface area (Å²) in [6.45, 7) is -0.674. The van der Waals surface area contributed by atoms with Crippen LogP contribution in [0.3, 0.4) is 0 Å². The van der Waals surface area contributed by atoms with Gasteiger partial charge in [0.05, 0.1) is 43.0 Å². The predicted molar refractivity (Wildman–Crippen MR) is 147 cm³/mol. The highest BCUT2D eigenvalue weighted by Gasteiger charge is 2.46. The van der Waals surface area contributed by atoms with Gasteiger partial charge in [0, 0.05) is 32.1 Å². The molecule has 0 aromatic carbocycles. The summed E-state index contributed by atoms with van der Waals surface area (Å²) in [6.07, 6.45) is -2.41. The lowest BCUT2D eigenvalue weighted by atomic mass is 9.75. The number of amides is 2. The zero-order valence-corrected chi connectivity index (χ0v) is 24.6. The summed E-state index contributed by atoms with van der Waals surface area (Å²) in [4.78, 5) is 30.6. The summed E-state index contributed by atoms with van der Waals surface area (Å²) in [5.41, 5.74) is 6.41. The molecule has 0 radical (unpaired) electrons. The van der Waals surface area contributed by atoms with Crippen molar-refractivity contribution in [3.05, 3.63) is 41.1 Å². The van der Waals surface area contributed by atoms with Crippen LogP contribution < -0.4 is 11.1 Å². The maximum atomic E-state index is 14.1. The summed E-state index contributed by atoms with van der Waals surface area (Å²) in [5.74, 6) is -8.61. The average molecular weight is 659 g/mol. The van der Waals surface area contributed by atoms with E-state index in [-0.39, 0.29) is 61.2 Å². The van der Waals surface area contributed by atoms with Crippen molar-refractivity contribution in [2.24, 2.45) is 23.5 Å². The van der Waals surface area contributed by atoms with Crippen LogP contribution in [0.4, 0.5) is 30.7 Å². The van der Waals surface area contributed by atoms with Gasteiger partial charge in [0.15, 0.2) is 11.3 Å². The van der Waals surface area contributed by atoms with E-state index in [4.69, 9.17) is 10.7 Å². The van der Waals surface area contributed by atoms with Crippen molar-refractivity contribution >= 4 is 17.5 Å². The SMILES string of the molecule is NC(=O)c1nn(CCC(F)(F)F)nc1[C@H](c1cn2ncc(C(NC(=O)CC3CC(F)(F)C3)C3CC3)cc2n1)C1CCC(F)(F)CC1. The fraction of sp³-hybridized carbons (Fsp3) is 0.655. The van der Waals surface area contributed by atoms with Crippen LogP contribution in [0.15, 0.2) is 18.5 Å². The van der Waals surface area contributed by atoms with Crippen molar-refractivity contribution in [1.29, 1.82) is 0 Å². The lowest BCUT2D eigenvalue weighted by Crippen LogP contribution is -2.39. The van der Waals surface area contributed by atoms with Gasteiger partial charge < -0.3 is 11.1 Å². The van der Waals surface area contributed by atoms with Crippen LogP contribution in [0.5, 0.6) is 0 Å². The van der Waals surface area contributed by atoms with E-state index in [1.807, 2.05) is 0 Å². The number of fused-ring (bicyclic) bond motifs is 1. The number of halogens is 7. The molecule has 0 saturated heterocycles. The van der Waals surface area contributed by atoms with Gasteiger partial charge in [0.1, 0.15) is 5.69 Å². The van der Waals surface area contributed by atoms with E-state index in [0.717, 1.165) is 17.6 Å². The Kier molecular flexibility index (Phi) is 8.24. The second-order valence-electron chi connectivity index (χ2n) is 12.9. The number of nitrogens with zero attached hydrogens (tertiary/aromatic N) is 6. The minimum atomic E-state index is -4.51. The molecule has 0 spiro atoms. The van der Waals surface area contributed by atoms with Gasteiger partial charge in [0.25, 0.3) is 5.91 Å². The smallest absolute Gasteiger partial charge is 0.364 e. The summed E-state index contributed by atoms with van der Waals surface area (Å²) >= 11 is 0. The summed E-state index contributed by atoms with van der Waals surface area (Å²) in [5, 5.41) is 15.5. The number of primary amides is 1. The van der Waals surface area contributed by atoms with Gasteiger partial charge in [-0.15, -0.1) is 5.10 Å². The van der Waals surface area contributed by atoms with Crippen LogP contribution >= 0.6 is 0 Å². The maximum Gasteiger partial charge on any atom is 0.390 e. The highest BCUT2D eigenvalue weighted by molar-refractivity contribution is 5.92. The molecule has 3 heterocycles. The maximum absolute atomic E-state index is 14.1. The molecule has 1 unspecified atom stereocenters. The molecule has 250 valence electrons. The van der Waals surface area contributed by atoms with E-state index in [0.29, 0.717) is 16.9 Å². The molecule has 3 aromatic heterocycles. The molecule has 3 aliphatic rings. The highest BCUT2D eigenvalue weighted by Crippen LogP contribution is 2.46. The number of nitrogens with one attached hydrogen (secondary N) is 1. The first kappa shape index (κ1) is 32.2. The minimum absolute atomic E-state index is 0.00400. The monoisotopic (exact) mass is 658 g/mol. The van der Waals surface area contributed by atoms with Crippen LogP contribution in [0.25, 0.3) is 5.65 Å². The second-order valence-corrected chi connectivity index (χ2v) is 12.9. The molecule has 10 nitrogen and oxygen atoms in total. The molecule has 0 aliphatic heterocycles. The number of aromatic nitrogens is 6. The Labute approximate surface area is 258 Å². The molecule has 3 aromatic rings. The van der Waals surface area contributed by atoms with Gasteiger partial charge >= 0.3 is 6.18 Å². The fourth-order valence-corrected chi connectivity index (χ4v) is 6.63. The van der Waals surface area contributed by atoms with Gasteiger partial charge in [-0.25, -0.2) is 27.1 Å². The van der Waals surface area contributed by atoms with E-state index in [2.05, 4.69) is 20.6 Å². The fourth-order valence-electron chi connectivity index (χ4n) is 6.63. The highest BCUT2D eigenvalue weighted by atomic mass is 19.4. The number of alkyl halides is 7. The normalized spacial score (nSPS) is 21.5. The molecular weight excluding hydrogens is 625 g/mol. The Balaban J connectivity index is 1.30. The zero-order chi connectivity index (χ0) is 33.0. The van der Waals surface area contributed by atoms with Crippen LogP contribution in [0.1, 0.15) is 104 Å². The van der Waals surface area contributed by atoms with E-state index in [1.54, 1.807) is 12.3 Å². The molecule has 2 amide bonds. The quantitative estimate of drug-likeness (QED) is 0.268. The first-order valence-corrected chi connectivity index (χ1v) is 15.3. The van der Waals surface area contributed by atoms with Crippen molar-refractivity contribution in [1.82, 2.24) is 34.9 Å². The van der Waals surface area contributed by atoms with Gasteiger partial charge in [-0.3, -0.25) is 9.59 Å². The van der Waals surface area contributed by atoms with Crippen molar-refractivity contribution in [3.63, 3.8) is 0 Å². The number of hydrogen-bond donors (Lipinski definition) is 2. The molecule has 6 rings (SSSR count). The average Bonchev–Trinajstić information content (AvgIpc) is 3.55. The molecule has 0 bridgehead atoms. The van der Waals surface area contributed by atoms with Crippen LogP contribution in [0, 0.1) is 17.8 Å². The Bertz CT molecular complexity index is 1600. The largest absolute Gasteiger partial charge is 0.390 e. The summed E-state index contributed by atoms with van der Waals surface area (Å²) in [7, 11) is 0. The number of carbonyl (C=O) groups is 2. The van der Waals surface area contributed by atoms with Crippen LogP contribution in [-0.4, -0.2) is 59.4 Å². The van der Waals surface area contributed by atoms with Gasteiger partial charge in [-0.1, -0.05) is 0 Å². The zero-order valence-electron chi connectivity index (χ0n) is 24.6. The molecule has 2 atom stereocenters. The van der Waals surface area contributed by atoms with Crippen molar-refractivity contribution in [2.75, 3.05) is 0 Å². The van der Waals surface area contributed by atoms with E-state index in [9.17, 15) is 40.3 Å². The van der Waals surface area contributed by atoms with Crippen molar-refractivity contribution in [2.45, 2.75) is 101 Å². The number of rotatable bonds is 11.